The third kappa shape index (κ3) is 5.93. The van der Waals surface area contributed by atoms with Gasteiger partial charge in [0.1, 0.15) is 5.75 Å². The van der Waals surface area contributed by atoms with Crippen molar-refractivity contribution in [3.63, 3.8) is 0 Å². The summed E-state index contributed by atoms with van der Waals surface area (Å²) in [6, 6.07) is 8.63. The number of nitrogens with zero attached hydrogens (tertiary/aromatic N) is 3. The number of piperidine rings is 2. The van der Waals surface area contributed by atoms with E-state index in [9.17, 15) is 4.79 Å². The highest BCUT2D eigenvalue weighted by Gasteiger charge is 2.26. The Kier molecular flexibility index (Phi) is 7.41. The van der Waals surface area contributed by atoms with Crippen molar-refractivity contribution in [1.82, 2.24) is 20.2 Å². The lowest BCUT2D eigenvalue weighted by atomic mass is 10.0. The Labute approximate surface area is 175 Å². The second kappa shape index (κ2) is 10.4. The minimum atomic E-state index is -0.385. The molecule has 1 unspecified atom stereocenters. The fourth-order valence-electron chi connectivity index (χ4n) is 4.95. The number of rotatable bonds is 6. The van der Waals surface area contributed by atoms with E-state index in [1.807, 2.05) is 17.1 Å². The molecule has 0 spiro atoms. The number of likely N-dealkylation sites (tertiary alicyclic amines) is 2. The zero-order valence-electron chi connectivity index (χ0n) is 17.7. The van der Waals surface area contributed by atoms with E-state index in [-0.39, 0.29) is 6.09 Å². The van der Waals surface area contributed by atoms with Gasteiger partial charge in [-0.3, -0.25) is 10.3 Å². The summed E-state index contributed by atoms with van der Waals surface area (Å²) in [5.41, 5.74) is 4.19. The summed E-state index contributed by atoms with van der Waals surface area (Å²) < 4.78 is 5.48. The van der Waals surface area contributed by atoms with E-state index in [0.29, 0.717) is 11.8 Å². The van der Waals surface area contributed by atoms with Crippen LogP contribution in [0.1, 0.15) is 63.0 Å². The van der Waals surface area contributed by atoms with Gasteiger partial charge in [-0.1, -0.05) is 25.0 Å². The van der Waals surface area contributed by atoms with Crippen LogP contribution in [0.5, 0.6) is 5.75 Å². The summed E-state index contributed by atoms with van der Waals surface area (Å²) >= 11 is 0. The summed E-state index contributed by atoms with van der Waals surface area (Å²) in [6.45, 7) is 7.88. The summed E-state index contributed by atoms with van der Waals surface area (Å²) in [5.74, 6) is 0.612. The molecule has 1 amide bonds. The predicted octanol–water partition coefficient (Wildman–Crippen LogP) is 3.80. The zero-order chi connectivity index (χ0) is 19.9. The van der Waals surface area contributed by atoms with Gasteiger partial charge >= 0.3 is 6.09 Å². The molecule has 0 bridgehead atoms. The molecule has 1 atom stereocenters. The Hall–Kier alpha value is -1.63. The number of carbonyl (C=O) groups is 1. The molecule has 0 aromatic heterocycles. The number of amides is 1. The molecule has 29 heavy (non-hydrogen) atoms. The maximum atomic E-state index is 12.1. The lowest BCUT2D eigenvalue weighted by Crippen LogP contribution is -2.46. The maximum absolute atomic E-state index is 12.1. The zero-order valence-corrected chi connectivity index (χ0v) is 17.7. The molecule has 1 aromatic rings. The molecule has 3 heterocycles. The third-order valence-corrected chi connectivity index (χ3v) is 6.60. The summed E-state index contributed by atoms with van der Waals surface area (Å²) in [4.78, 5) is 17.4. The van der Waals surface area contributed by atoms with Gasteiger partial charge in [-0.2, -0.15) is 0 Å². The average molecular weight is 401 g/mol. The predicted molar refractivity (Wildman–Crippen MR) is 115 cm³/mol. The fraction of sp³-hybridized carbons (Fsp3) is 0.696. The first-order chi connectivity index (χ1) is 14.3. The van der Waals surface area contributed by atoms with Crippen LogP contribution >= 0.6 is 0 Å². The highest BCUT2D eigenvalue weighted by atomic mass is 16.6. The van der Waals surface area contributed by atoms with Crippen molar-refractivity contribution >= 4 is 6.09 Å². The molecule has 6 heteroatoms. The van der Waals surface area contributed by atoms with Crippen LogP contribution in [0.3, 0.4) is 0 Å². The molecule has 0 aliphatic carbocycles. The highest BCUT2D eigenvalue weighted by Crippen LogP contribution is 2.32. The first-order valence-corrected chi connectivity index (χ1v) is 11.6. The van der Waals surface area contributed by atoms with Crippen LogP contribution in [0.4, 0.5) is 4.79 Å². The number of benzene rings is 1. The van der Waals surface area contributed by atoms with E-state index >= 15 is 0 Å². The molecule has 3 aliphatic rings. The Morgan fingerprint density at radius 1 is 0.862 bits per heavy atom. The van der Waals surface area contributed by atoms with Gasteiger partial charge in [-0.15, -0.1) is 0 Å². The summed E-state index contributed by atoms with van der Waals surface area (Å²) in [5, 5.41) is 1.96. The van der Waals surface area contributed by atoms with Gasteiger partial charge in [0.25, 0.3) is 0 Å². The molecule has 0 radical (unpaired) electrons. The summed E-state index contributed by atoms with van der Waals surface area (Å²) in [6.07, 6.45) is 9.71. The van der Waals surface area contributed by atoms with Crippen LogP contribution in [0.15, 0.2) is 24.3 Å². The largest absolute Gasteiger partial charge is 0.427 e. The van der Waals surface area contributed by atoms with Crippen LogP contribution in [0, 0.1) is 0 Å². The Morgan fingerprint density at radius 3 is 2.28 bits per heavy atom. The first kappa shape index (κ1) is 20.6. The van der Waals surface area contributed by atoms with E-state index in [1.165, 1.54) is 70.3 Å². The Morgan fingerprint density at radius 2 is 1.55 bits per heavy atom. The molecular weight excluding hydrogens is 364 g/mol. The molecule has 6 nitrogen and oxygen atoms in total. The van der Waals surface area contributed by atoms with Crippen molar-refractivity contribution in [2.45, 2.75) is 57.4 Å². The van der Waals surface area contributed by atoms with Crippen molar-refractivity contribution in [1.29, 1.82) is 0 Å². The molecule has 4 rings (SSSR count). The van der Waals surface area contributed by atoms with E-state index in [0.717, 1.165) is 32.5 Å². The number of ether oxygens (including phenoxy) is 1. The SMILES string of the molecule is O=C(NN1CCCCC1)Oc1ccc(C2CCCN2CCN2CCCCC2)cc1. The van der Waals surface area contributed by atoms with Gasteiger partial charge in [0.2, 0.25) is 0 Å². The van der Waals surface area contributed by atoms with Gasteiger partial charge in [0.15, 0.2) is 0 Å². The van der Waals surface area contributed by atoms with E-state index < -0.39 is 0 Å². The van der Waals surface area contributed by atoms with Crippen molar-refractivity contribution < 1.29 is 9.53 Å². The minimum Gasteiger partial charge on any atom is -0.409 e. The molecule has 3 aliphatic heterocycles. The van der Waals surface area contributed by atoms with Gasteiger partial charge in [0, 0.05) is 32.2 Å². The van der Waals surface area contributed by atoms with E-state index in [1.54, 1.807) is 0 Å². The lowest BCUT2D eigenvalue weighted by molar-refractivity contribution is 0.129. The monoisotopic (exact) mass is 400 g/mol. The fourth-order valence-corrected chi connectivity index (χ4v) is 4.95. The molecular formula is C23H36N4O2. The van der Waals surface area contributed by atoms with Crippen LogP contribution in [0.25, 0.3) is 0 Å². The van der Waals surface area contributed by atoms with Crippen molar-refractivity contribution in [2.75, 3.05) is 45.8 Å². The van der Waals surface area contributed by atoms with Crippen molar-refractivity contribution in [3.8, 4) is 5.75 Å². The second-order valence-corrected chi connectivity index (χ2v) is 8.71. The smallest absolute Gasteiger partial charge is 0.409 e. The number of hydrogen-bond donors (Lipinski definition) is 1. The number of carbonyl (C=O) groups excluding carboxylic acids is 1. The Bertz CT molecular complexity index is 639. The average Bonchev–Trinajstić information content (AvgIpc) is 3.23. The number of hydrogen-bond acceptors (Lipinski definition) is 5. The van der Waals surface area contributed by atoms with Gasteiger partial charge in [-0.25, -0.2) is 9.80 Å². The molecule has 1 aromatic carbocycles. The number of nitrogens with one attached hydrogen (secondary N) is 1. The van der Waals surface area contributed by atoms with Crippen LogP contribution in [0.2, 0.25) is 0 Å². The molecule has 0 saturated carbocycles. The third-order valence-electron chi connectivity index (χ3n) is 6.60. The summed E-state index contributed by atoms with van der Waals surface area (Å²) in [7, 11) is 0. The minimum absolute atomic E-state index is 0.385. The normalized spacial score (nSPS) is 24.5. The van der Waals surface area contributed by atoms with Gasteiger partial charge in [0.05, 0.1) is 0 Å². The quantitative estimate of drug-likeness (QED) is 0.787. The molecule has 3 fully saturated rings. The lowest BCUT2D eigenvalue weighted by Gasteiger charge is -2.31. The molecule has 3 saturated heterocycles. The molecule has 160 valence electrons. The molecule has 1 N–H and O–H groups in total. The van der Waals surface area contributed by atoms with Gasteiger partial charge < -0.3 is 9.64 Å². The van der Waals surface area contributed by atoms with Crippen molar-refractivity contribution in [2.24, 2.45) is 0 Å². The first-order valence-electron chi connectivity index (χ1n) is 11.6. The van der Waals surface area contributed by atoms with Gasteiger partial charge in [-0.05, 0) is 75.9 Å². The highest BCUT2D eigenvalue weighted by molar-refractivity contribution is 5.69. The maximum Gasteiger partial charge on any atom is 0.427 e. The van der Waals surface area contributed by atoms with E-state index in [4.69, 9.17) is 4.74 Å². The van der Waals surface area contributed by atoms with Crippen LogP contribution < -0.4 is 10.2 Å². The van der Waals surface area contributed by atoms with Crippen LogP contribution in [-0.2, 0) is 0 Å². The standard InChI is InChI=1S/C23H36N4O2/c28-23(24-27-16-5-2-6-17-27)29-21-11-9-20(10-12-21)22-8-7-15-26(22)19-18-25-13-3-1-4-14-25/h9-12,22H,1-8,13-19H2,(H,24,28). The van der Waals surface area contributed by atoms with Crippen LogP contribution in [-0.4, -0.2) is 66.7 Å². The number of hydrazine groups is 1. The van der Waals surface area contributed by atoms with Crippen molar-refractivity contribution in [3.05, 3.63) is 29.8 Å². The van der Waals surface area contributed by atoms with E-state index in [2.05, 4.69) is 27.4 Å². The second-order valence-electron chi connectivity index (χ2n) is 8.71. The Balaban J connectivity index is 1.26. The topological polar surface area (TPSA) is 48.1 Å².